The van der Waals surface area contributed by atoms with Gasteiger partial charge in [-0.2, -0.15) is 18.2 Å². The van der Waals surface area contributed by atoms with Crippen LogP contribution >= 0.6 is 11.9 Å². The lowest BCUT2D eigenvalue weighted by atomic mass is 9.91. The summed E-state index contributed by atoms with van der Waals surface area (Å²) >= 11 is 0.391. The highest BCUT2D eigenvalue weighted by atomic mass is 32.2. The first-order chi connectivity index (χ1) is 19.3. The van der Waals surface area contributed by atoms with Crippen molar-refractivity contribution >= 4 is 34.6 Å². The van der Waals surface area contributed by atoms with Gasteiger partial charge in [-0.1, -0.05) is 11.9 Å². The third-order valence-electron chi connectivity index (χ3n) is 7.16. The number of hydrogen-bond acceptors (Lipinski definition) is 7. The van der Waals surface area contributed by atoms with E-state index in [1.54, 1.807) is 13.8 Å². The molecule has 1 aliphatic carbocycles. The van der Waals surface area contributed by atoms with Crippen molar-refractivity contribution in [3.63, 3.8) is 0 Å². The molecule has 0 bridgehead atoms. The van der Waals surface area contributed by atoms with Crippen LogP contribution < -0.4 is 15.6 Å². The monoisotopic (exact) mass is 602 g/mol. The summed E-state index contributed by atoms with van der Waals surface area (Å²) in [6, 6.07) is 2.18. The van der Waals surface area contributed by atoms with Gasteiger partial charge in [0.25, 0.3) is 5.56 Å². The van der Waals surface area contributed by atoms with E-state index in [2.05, 4.69) is 39.0 Å². The second-order valence-corrected chi connectivity index (χ2v) is 11.5. The van der Waals surface area contributed by atoms with E-state index in [1.165, 1.54) is 16.8 Å². The zero-order valence-corrected chi connectivity index (χ0v) is 23.9. The lowest BCUT2D eigenvalue weighted by Gasteiger charge is -2.33. The van der Waals surface area contributed by atoms with Crippen LogP contribution in [0.25, 0.3) is 22.2 Å². The van der Waals surface area contributed by atoms with Gasteiger partial charge in [-0.25, -0.2) is 18.2 Å². The van der Waals surface area contributed by atoms with Gasteiger partial charge in [-0.3, -0.25) is 9.36 Å². The first kappa shape index (κ1) is 30.9. The predicted molar refractivity (Wildman–Crippen MR) is 150 cm³/mol. The molecule has 1 aromatic carbocycles. The molecule has 7 nitrogen and oxygen atoms in total. The Labute approximate surface area is 237 Å². The standard InChI is InChI=1S/C27H32F6N6OS/c1-14(2)39-24-15(13-34-26(36-24)35-16-5-7-17(8-6-16)38(3)4)11-19(25(39)40)18-12-20(28)23(22(30)21(18)29)37-41-10-9-27(31,32)33/h11-14,16-17,37H,5-10H2,1-4H3,(H,34,35,36). The molecule has 1 aliphatic rings. The largest absolute Gasteiger partial charge is 0.389 e. The maximum absolute atomic E-state index is 15.2. The number of alkyl halides is 3. The molecule has 0 saturated heterocycles. The fourth-order valence-corrected chi connectivity index (χ4v) is 5.72. The fourth-order valence-electron chi connectivity index (χ4n) is 4.96. The minimum atomic E-state index is -4.45. The highest BCUT2D eigenvalue weighted by molar-refractivity contribution is 8.00. The van der Waals surface area contributed by atoms with Crippen LogP contribution in [0.2, 0.25) is 0 Å². The Morgan fingerprint density at radius 2 is 1.76 bits per heavy atom. The summed E-state index contributed by atoms with van der Waals surface area (Å²) in [5.74, 6) is -4.61. The van der Waals surface area contributed by atoms with Crippen molar-refractivity contribution in [3.05, 3.63) is 46.1 Å². The van der Waals surface area contributed by atoms with Gasteiger partial charge in [0.1, 0.15) is 11.3 Å². The molecular formula is C27H32F6N6OS. The zero-order valence-electron chi connectivity index (χ0n) is 23.1. The third-order valence-corrected chi connectivity index (χ3v) is 7.92. The van der Waals surface area contributed by atoms with Gasteiger partial charge in [0.2, 0.25) is 5.95 Å². The molecule has 224 valence electrons. The predicted octanol–water partition coefficient (Wildman–Crippen LogP) is 6.75. The van der Waals surface area contributed by atoms with Crippen LogP contribution in [-0.4, -0.2) is 57.5 Å². The second kappa shape index (κ2) is 12.5. The van der Waals surface area contributed by atoms with E-state index in [-0.39, 0.29) is 17.3 Å². The van der Waals surface area contributed by atoms with Gasteiger partial charge >= 0.3 is 6.18 Å². The van der Waals surface area contributed by atoms with E-state index < -0.39 is 58.7 Å². The van der Waals surface area contributed by atoms with Crippen molar-refractivity contribution in [1.82, 2.24) is 19.4 Å². The SMILES string of the molecule is CC(C)n1c(=O)c(-c2cc(F)c(NSCCC(F)(F)F)c(F)c2F)cc2cnc(NC3CCC(N(C)C)CC3)nc21. The van der Waals surface area contributed by atoms with E-state index in [9.17, 15) is 26.7 Å². The van der Waals surface area contributed by atoms with E-state index in [1.807, 2.05) is 0 Å². The summed E-state index contributed by atoms with van der Waals surface area (Å²) in [6.45, 7) is 3.45. The highest BCUT2D eigenvalue weighted by Gasteiger charge is 2.28. The number of hydrogen-bond donors (Lipinski definition) is 2. The van der Waals surface area contributed by atoms with E-state index in [0.29, 0.717) is 35.4 Å². The van der Waals surface area contributed by atoms with E-state index >= 15 is 4.39 Å². The molecule has 14 heteroatoms. The molecule has 41 heavy (non-hydrogen) atoms. The molecule has 3 aromatic rings. The Hall–Kier alpha value is -3.00. The normalized spacial score (nSPS) is 18.0. The molecule has 0 atom stereocenters. The van der Waals surface area contributed by atoms with Gasteiger partial charge in [0.05, 0.1) is 12.0 Å². The number of halogens is 6. The summed E-state index contributed by atoms with van der Waals surface area (Å²) in [7, 11) is 4.12. The summed E-state index contributed by atoms with van der Waals surface area (Å²) < 4.78 is 85.4. The maximum atomic E-state index is 15.2. The van der Waals surface area contributed by atoms with Gasteiger partial charge in [-0.05, 0) is 65.8 Å². The van der Waals surface area contributed by atoms with Crippen molar-refractivity contribution in [1.29, 1.82) is 0 Å². The van der Waals surface area contributed by atoms with Crippen LogP contribution in [0.4, 0.5) is 38.0 Å². The molecule has 1 saturated carbocycles. The molecule has 4 rings (SSSR count). The maximum Gasteiger partial charge on any atom is 0.389 e. The Bertz CT molecular complexity index is 1450. The van der Waals surface area contributed by atoms with Gasteiger partial charge in [0.15, 0.2) is 17.5 Å². The van der Waals surface area contributed by atoms with E-state index in [0.717, 1.165) is 25.7 Å². The van der Waals surface area contributed by atoms with E-state index in [4.69, 9.17) is 0 Å². The Kier molecular flexibility index (Phi) is 9.42. The molecule has 1 fully saturated rings. The number of pyridine rings is 1. The second-order valence-electron chi connectivity index (χ2n) is 10.6. The molecule has 2 heterocycles. The minimum absolute atomic E-state index is 0.168. The molecule has 2 N–H and O–H groups in total. The third kappa shape index (κ3) is 7.08. The molecule has 0 radical (unpaired) electrons. The number of rotatable bonds is 9. The molecule has 0 unspecified atom stereocenters. The quantitative estimate of drug-likeness (QED) is 0.121. The first-order valence-electron chi connectivity index (χ1n) is 13.2. The zero-order chi connectivity index (χ0) is 30.1. The number of nitrogens with one attached hydrogen (secondary N) is 2. The van der Waals surface area contributed by atoms with Gasteiger partial charge < -0.3 is 14.9 Å². The minimum Gasteiger partial charge on any atom is -0.351 e. The average molecular weight is 603 g/mol. The summed E-state index contributed by atoms with van der Waals surface area (Å²) in [4.78, 5) is 24.7. The number of aromatic nitrogens is 3. The summed E-state index contributed by atoms with van der Waals surface area (Å²) in [5.41, 5.74) is -2.27. The number of fused-ring (bicyclic) bond motifs is 1. The van der Waals surface area contributed by atoms with Crippen molar-refractivity contribution in [2.24, 2.45) is 0 Å². The van der Waals surface area contributed by atoms with Crippen LogP contribution in [0.1, 0.15) is 52.0 Å². The van der Waals surface area contributed by atoms with Crippen molar-refractivity contribution in [2.75, 3.05) is 29.9 Å². The number of anilines is 2. The van der Waals surface area contributed by atoms with Crippen molar-refractivity contribution in [2.45, 2.75) is 70.3 Å². The average Bonchev–Trinajstić information content (AvgIpc) is 2.89. The topological polar surface area (TPSA) is 75.1 Å². The molecule has 0 amide bonds. The van der Waals surface area contributed by atoms with Crippen LogP contribution in [0.3, 0.4) is 0 Å². The van der Waals surface area contributed by atoms with Crippen LogP contribution in [0, 0.1) is 17.5 Å². The molecule has 0 aliphatic heterocycles. The Morgan fingerprint density at radius 3 is 2.37 bits per heavy atom. The number of benzene rings is 1. The van der Waals surface area contributed by atoms with Crippen LogP contribution in [0.15, 0.2) is 23.1 Å². The first-order valence-corrected chi connectivity index (χ1v) is 14.2. The smallest absolute Gasteiger partial charge is 0.351 e. The Balaban J connectivity index is 1.65. The van der Waals surface area contributed by atoms with Crippen molar-refractivity contribution in [3.8, 4) is 11.1 Å². The summed E-state index contributed by atoms with van der Waals surface area (Å²) in [6.07, 6.45) is -0.258. The Morgan fingerprint density at radius 1 is 1.07 bits per heavy atom. The van der Waals surface area contributed by atoms with Crippen molar-refractivity contribution < 1.29 is 26.3 Å². The molecule has 2 aromatic heterocycles. The lowest BCUT2D eigenvalue weighted by molar-refractivity contribution is -0.129. The highest BCUT2D eigenvalue weighted by Crippen LogP contribution is 2.33. The van der Waals surface area contributed by atoms with Gasteiger partial charge in [-0.15, -0.1) is 0 Å². The fraction of sp³-hybridized carbons (Fsp3) is 0.519. The van der Waals surface area contributed by atoms with Crippen LogP contribution in [0.5, 0.6) is 0 Å². The molecule has 0 spiro atoms. The lowest BCUT2D eigenvalue weighted by Crippen LogP contribution is -2.36. The molecular weight excluding hydrogens is 570 g/mol. The van der Waals surface area contributed by atoms with Gasteiger partial charge in [0, 0.05) is 41.0 Å². The number of nitrogens with zero attached hydrogens (tertiary/aromatic N) is 4. The summed E-state index contributed by atoms with van der Waals surface area (Å²) in [5, 5.41) is 3.70. The van der Waals surface area contributed by atoms with Crippen LogP contribution in [-0.2, 0) is 0 Å².